The van der Waals surface area contributed by atoms with Gasteiger partial charge in [0.05, 0.1) is 0 Å². The Bertz CT molecular complexity index is 763. The summed E-state index contributed by atoms with van der Waals surface area (Å²) < 4.78 is 68.3. The third-order valence-electron chi connectivity index (χ3n) is 3.85. The van der Waals surface area contributed by atoms with E-state index >= 15 is 0 Å². The zero-order valence-electron chi connectivity index (χ0n) is 13.3. The highest BCUT2D eigenvalue weighted by Crippen LogP contribution is 2.53. The minimum absolute atomic E-state index is 0.0586. The van der Waals surface area contributed by atoms with Crippen molar-refractivity contribution in [3.63, 3.8) is 0 Å². The molecule has 0 aliphatic rings. The lowest BCUT2D eigenvalue weighted by atomic mass is 9.80. The highest BCUT2D eigenvalue weighted by molar-refractivity contribution is 9.10. The Morgan fingerprint density at radius 3 is 2.04 bits per heavy atom. The van der Waals surface area contributed by atoms with Crippen LogP contribution in [0.1, 0.15) is 11.1 Å². The van der Waals surface area contributed by atoms with E-state index in [1.54, 1.807) is 14.1 Å². The molecule has 0 saturated heterocycles. The molecule has 1 unspecified atom stereocenters. The van der Waals surface area contributed by atoms with Gasteiger partial charge in [-0.25, -0.2) is 0 Å². The Hall–Kier alpha value is -1.67. The number of benzene rings is 2. The molecule has 0 heterocycles. The van der Waals surface area contributed by atoms with Crippen molar-refractivity contribution < 1.29 is 27.1 Å². The van der Waals surface area contributed by atoms with Crippen molar-refractivity contribution in [2.24, 2.45) is 0 Å². The molecular formula is C17H15BrF5NO. The first kappa shape index (κ1) is 19.7. The van der Waals surface area contributed by atoms with E-state index in [2.05, 4.69) is 15.9 Å². The zero-order valence-corrected chi connectivity index (χ0v) is 14.9. The van der Waals surface area contributed by atoms with Gasteiger partial charge < -0.3 is 10.0 Å². The molecule has 25 heavy (non-hydrogen) atoms. The maximum absolute atomic E-state index is 14.5. The van der Waals surface area contributed by atoms with E-state index in [-0.39, 0.29) is 4.47 Å². The number of hydrogen-bond donors (Lipinski definition) is 1. The topological polar surface area (TPSA) is 23.5 Å². The summed E-state index contributed by atoms with van der Waals surface area (Å²) in [7, 11) is 3.22. The van der Waals surface area contributed by atoms with Gasteiger partial charge in [-0.05, 0) is 23.8 Å². The molecule has 0 radical (unpaired) electrons. The molecule has 136 valence electrons. The van der Waals surface area contributed by atoms with Gasteiger partial charge >= 0.3 is 12.1 Å². The molecular weight excluding hydrogens is 409 g/mol. The Labute approximate surface area is 150 Å². The van der Waals surface area contributed by atoms with Crippen molar-refractivity contribution in [3.8, 4) is 0 Å². The minimum atomic E-state index is -5.95. The molecule has 1 atom stereocenters. The van der Waals surface area contributed by atoms with E-state index in [4.69, 9.17) is 0 Å². The van der Waals surface area contributed by atoms with Crippen LogP contribution in [0.15, 0.2) is 53.0 Å². The predicted molar refractivity (Wildman–Crippen MR) is 88.9 cm³/mol. The van der Waals surface area contributed by atoms with Crippen LogP contribution in [0, 0.1) is 0 Å². The second-order valence-electron chi connectivity index (χ2n) is 5.71. The van der Waals surface area contributed by atoms with Crippen molar-refractivity contribution in [3.05, 3.63) is 64.1 Å². The van der Waals surface area contributed by atoms with Crippen LogP contribution >= 0.6 is 15.9 Å². The van der Waals surface area contributed by atoms with Crippen molar-refractivity contribution in [1.29, 1.82) is 0 Å². The lowest BCUT2D eigenvalue weighted by Gasteiger charge is -2.38. The largest absolute Gasteiger partial charge is 0.457 e. The summed E-state index contributed by atoms with van der Waals surface area (Å²) in [6.45, 7) is 0. The maximum atomic E-state index is 14.5. The molecule has 2 rings (SSSR count). The molecule has 0 saturated carbocycles. The van der Waals surface area contributed by atoms with Gasteiger partial charge in [0.25, 0.3) is 0 Å². The van der Waals surface area contributed by atoms with Gasteiger partial charge in [-0.15, -0.1) is 0 Å². The molecule has 0 aromatic heterocycles. The molecule has 1 N–H and O–H groups in total. The van der Waals surface area contributed by atoms with Crippen molar-refractivity contribution >= 4 is 21.6 Å². The Kier molecular flexibility index (Phi) is 5.16. The first-order valence-electron chi connectivity index (χ1n) is 7.12. The SMILES string of the molecule is CN(C)c1cccc(C(O)(c2ccccc2Br)C(F)(F)C(F)(F)F)c1. The van der Waals surface area contributed by atoms with E-state index in [0.717, 1.165) is 18.2 Å². The number of rotatable bonds is 4. The zero-order chi connectivity index (χ0) is 19.0. The Morgan fingerprint density at radius 2 is 1.52 bits per heavy atom. The van der Waals surface area contributed by atoms with Gasteiger partial charge in [-0.3, -0.25) is 0 Å². The summed E-state index contributed by atoms with van der Waals surface area (Å²) in [5, 5.41) is 10.8. The van der Waals surface area contributed by atoms with Crippen LogP contribution in [0.5, 0.6) is 0 Å². The molecule has 8 heteroatoms. The number of anilines is 1. The second kappa shape index (κ2) is 6.57. The second-order valence-corrected chi connectivity index (χ2v) is 6.56. The molecule has 2 nitrogen and oxygen atoms in total. The third kappa shape index (κ3) is 3.25. The quantitative estimate of drug-likeness (QED) is 0.703. The summed E-state index contributed by atoms with van der Waals surface area (Å²) in [5.74, 6) is -5.42. The number of alkyl halides is 5. The normalized spacial score (nSPS) is 14.9. The van der Waals surface area contributed by atoms with Crippen LogP contribution in [-0.4, -0.2) is 31.3 Å². The summed E-state index contributed by atoms with van der Waals surface area (Å²) in [4.78, 5) is 1.54. The molecule has 2 aromatic carbocycles. The van der Waals surface area contributed by atoms with Crippen LogP contribution in [0.2, 0.25) is 0 Å². The minimum Gasteiger partial charge on any atom is -0.378 e. The van der Waals surface area contributed by atoms with E-state index in [1.165, 1.54) is 35.2 Å². The number of aliphatic hydroxyl groups is 1. The van der Waals surface area contributed by atoms with E-state index in [9.17, 15) is 27.1 Å². The molecule has 0 amide bonds. The van der Waals surface area contributed by atoms with Gasteiger partial charge in [0, 0.05) is 29.8 Å². The van der Waals surface area contributed by atoms with Crippen LogP contribution in [-0.2, 0) is 5.60 Å². The predicted octanol–water partition coefficient (Wildman–Crippen LogP) is 4.95. The van der Waals surface area contributed by atoms with Crippen molar-refractivity contribution in [1.82, 2.24) is 0 Å². The Morgan fingerprint density at radius 1 is 0.920 bits per heavy atom. The lowest BCUT2D eigenvalue weighted by Crippen LogP contribution is -2.55. The third-order valence-corrected chi connectivity index (χ3v) is 4.55. The standard InChI is InChI=1S/C17H15BrF5NO/c1-24(2)12-7-5-6-11(10-12)15(25,16(19,20)17(21,22)23)13-8-3-4-9-14(13)18/h3-10,25H,1-2H3. The van der Waals surface area contributed by atoms with Crippen LogP contribution in [0.25, 0.3) is 0 Å². The fourth-order valence-corrected chi connectivity index (χ4v) is 3.05. The van der Waals surface area contributed by atoms with Crippen LogP contribution in [0.3, 0.4) is 0 Å². The first-order chi connectivity index (χ1) is 11.4. The smallest absolute Gasteiger partial charge is 0.378 e. The summed E-state index contributed by atoms with van der Waals surface area (Å²) in [6.07, 6.45) is -5.95. The van der Waals surface area contributed by atoms with Crippen molar-refractivity contribution in [2.45, 2.75) is 17.7 Å². The highest BCUT2D eigenvalue weighted by Gasteiger charge is 2.71. The first-order valence-corrected chi connectivity index (χ1v) is 7.92. The number of nitrogens with zero attached hydrogens (tertiary/aromatic N) is 1. The number of hydrogen-bond acceptors (Lipinski definition) is 2. The Balaban J connectivity index is 2.83. The van der Waals surface area contributed by atoms with Crippen LogP contribution < -0.4 is 4.90 Å². The van der Waals surface area contributed by atoms with E-state index in [0.29, 0.717) is 5.69 Å². The van der Waals surface area contributed by atoms with Gasteiger partial charge in [0.15, 0.2) is 5.60 Å². The lowest BCUT2D eigenvalue weighted by molar-refractivity contribution is -0.336. The summed E-state index contributed by atoms with van der Waals surface area (Å²) in [5.41, 5.74) is -4.36. The fourth-order valence-electron chi connectivity index (χ4n) is 2.47. The van der Waals surface area contributed by atoms with Crippen LogP contribution in [0.4, 0.5) is 27.6 Å². The maximum Gasteiger partial charge on any atom is 0.457 e. The molecule has 0 aliphatic heterocycles. The van der Waals surface area contributed by atoms with Gasteiger partial charge in [-0.1, -0.05) is 46.3 Å². The summed E-state index contributed by atoms with van der Waals surface area (Å²) >= 11 is 2.96. The van der Waals surface area contributed by atoms with E-state index < -0.39 is 28.8 Å². The van der Waals surface area contributed by atoms with Gasteiger partial charge in [0.2, 0.25) is 0 Å². The van der Waals surface area contributed by atoms with Gasteiger partial charge in [0.1, 0.15) is 0 Å². The highest BCUT2D eigenvalue weighted by atomic mass is 79.9. The van der Waals surface area contributed by atoms with Crippen molar-refractivity contribution in [2.75, 3.05) is 19.0 Å². The van der Waals surface area contributed by atoms with Gasteiger partial charge in [-0.2, -0.15) is 22.0 Å². The monoisotopic (exact) mass is 423 g/mol. The molecule has 0 fully saturated rings. The number of halogens is 6. The molecule has 0 aliphatic carbocycles. The molecule has 0 bridgehead atoms. The average molecular weight is 424 g/mol. The molecule has 2 aromatic rings. The average Bonchev–Trinajstić information content (AvgIpc) is 2.53. The fraction of sp³-hybridized carbons (Fsp3) is 0.294. The summed E-state index contributed by atoms with van der Waals surface area (Å²) in [6, 6.07) is 10.1. The van der Waals surface area contributed by atoms with E-state index in [1.807, 2.05) is 0 Å². The molecule has 0 spiro atoms.